The molecular formula is C9H20N2S. The minimum absolute atomic E-state index is 0.587. The van der Waals surface area contributed by atoms with Crippen molar-refractivity contribution in [2.75, 3.05) is 20.1 Å². The van der Waals surface area contributed by atoms with Crippen molar-refractivity contribution in [1.82, 2.24) is 4.90 Å². The highest BCUT2D eigenvalue weighted by Crippen LogP contribution is 2.08. The molecule has 0 atom stereocenters. The van der Waals surface area contributed by atoms with Crippen LogP contribution in [0.25, 0.3) is 0 Å². The van der Waals surface area contributed by atoms with Gasteiger partial charge in [-0.25, -0.2) is 0 Å². The summed E-state index contributed by atoms with van der Waals surface area (Å²) in [6.45, 7) is 6.29. The van der Waals surface area contributed by atoms with Crippen LogP contribution in [-0.4, -0.2) is 30.0 Å². The van der Waals surface area contributed by atoms with Gasteiger partial charge in [0.15, 0.2) is 0 Å². The van der Waals surface area contributed by atoms with Gasteiger partial charge in [0.1, 0.15) is 0 Å². The number of rotatable bonds is 6. The van der Waals surface area contributed by atoms with Crippen LogP contribution in [0.15, 0.2) is 0 Å². The summed E-state index contributed by atoms with van der Waals surface area (Å²) in [6, 6.07) is 0. The van der Waals surface area contributed by atoms with Crippen molar-refractivity contribution >= 4 is 17.2 Å². The minimum atomic E-state index is 0.587. The molecule has 0 aromatic carbocycles. The predicted molar refractivity (Wildman–Crippen MR) is 58.4 cm³/mol. The molecule has 0 radical (unpaired) electrons. The molecule has 0 saturated carbocycles. The average molecular weight is 188 g/mol. The fourth-order valence-electron chi connectivity index (χ4n) is 1.32. The Bertz CT molecular complexity index is 132. The van der Waals surface area contributed by atoms with Crippen LogP contribution in [0, 0.1) is 5.92 Å². The number of thiocarbonyl (C=S) groups is 1. The molecule has 0 rings (SSSR count). The van der Waals surface area contributed by atoms with Crippen molar-refractivity contribution in [1.29, 1.82) is 0 Å². The molecule has 3 heteroatoms. The smallest absolute Gasteiger partial charge is 0.0869 e. The molecule has 2 nitrogen and oxygen atoms in total. The minimum Gasteiger partial charge on any atom is -0.392 e. The van der Waals surface area contributed by atoms with Crippen LogP contribution >= 0.6 is 12.2 Å². The molecule has 0 unspecified atom stereocenters. The predicted octanol–water partition coefficient (Wildman–Crippen LogP) is 1.64. The Morgan fingerprint density at radius 3 is 2.25 bits per heavy atom. The van der Waals surface area contributed by atoms with E-state index < -0.39 is 0 Å². The quantitative estimate of drug-likeness (QED) is 0.643. The first-order valence-corrected chi connectivity index (χ1v) is 4.97. The van der Waals surface area contributed by atoms with Crippen molar-refractivity contribution in [2.45, 2.75) is 26.7 Å². The molecule has 0 aliphatic rings. The lowest BCUT2D eigenvalue weighted by molar-refractivity contribution is 0.296. The van der Waals surface area contributed by atoms with Crippen LogP contribution < -0.4 is 5.73 Å². The molecule has 0 aliphatic heterocycles. The number of hydrogen-bond acceptors (Lipinski definition) is 2. The van der Waals surface area contributed by atoms with E-state index in [0.717, 1.165) is 19.0 Å². The summed E-state index contributed by atoms with van der Waals surface area (Å²) in [6.07, 6.45) is 2.47. The molecule has 0 aromatic heterocycles. The van der Waals surface area contributed by atoms with Crippen LogP contribution in [0.2, 0.25) is 0 Å². The Labute approximate surface area is 81.1 Å². The van der Waals surface area contributed by atoms with Gasteiger partial charge in [0, 0.05) is 13.1 Å². The van der Waals surface area contributed by atoms with Gasteiger partial charge in [-0.1, -0.05) is 38.9 Å². The highest BCUT2D eigenvalue weighted by atomic mass is 32.1. The van der Waals surface area contributed by atoms with Crippen LogP contribution in [0.5, 0.6) is 0 Å². The van der Waals surface area contributed by atoms with Crippen molar-refractivity contribution in [2.24, 2.45) is 11.7 Å². The summed E-state index contributed by atoms with van der Waals surface area (Å²) in [4.78, 5) is 2.78. The first-order chi connectivity index (χ1) is 5.60. The molecule has 0 bridgehead atoms. The SMILES string of the molecule is CCC(CC)CN(C)CC(N)=S. The zero-order valence-corrected chi connectivity index (χ0v) is 9.16. The van der Waals surface area contributed by atoms with Gasteiger partial charge in [-0.2, -0.15) is 0 Å². The van der Waals surface area contributed by atoms with Crippen molar-refractivity contribution < 1.29 is 0 Å². The molecule has 12 heavy (non-hydrogen) atoms. The van der Waals surface area contributed by atoms with Crippen LogP contribution in [0.1, 0.15) is 26.7 Å². The second-order valence-electron chi connectivity index (χ2n) is 3.35. The standard InChI is InChI=1S/C9H20N2S/c1-4-8(5-2)6-11(3)7-9(10)12/h8H,4-7H2,1-3H3,(H2,10,12). The zero-order chi connectivity index (χ0) is 9.56. The molecule has 0 amide bonds. The van der Waals surface area contributed by atoms with Crippen molar-refractivity contribution in [3.63, 3.8) is 0 Å². The van der Waals surface area contributed by atoms with Gasteiger partial charge in [0.05, 0.1) is 4.99 Å². The Morgan fingerprint density at radius 1 is 1.42 bits per heavy atom. The van der Waals surface area contributed by atoms with Gasteiger partial charge in [-0.3, -0.25) is 4.90 Å². The van der Waals surface area contributed by atoms with Gasteiger partial charge in [-0.05, 0) is 13.0 Å². The molecule has 0 saturated heterocycles. The van der Waals surface area contributed by atoms with E-state index in [-0.39, 0.29) is 0 Å². The van der Waals surface area contributed by atoms with Gasteiger partial charge < -0.3 is 5.73 Å². The van der Waals surface area contributed by atoms with E-state index in [1.165, 1.54) is 12.8 Å². The van der Waals surface area contributed by atoms with Gasteiger partial charge in [0.2, 0.25) is 0 Å². The fourth-order valence-corrected chi connectivity index (χ4v) is 1.54. The maximum atomic E-state index is 5.44. The topological polar surface area (TPSA) is 29.3 Å². The third kappa shape index (κ3) is 5.49. The lowest BCUT2D eigenvalue weighted by Crippen LogP contribution is -2.33. The first kappa shape index (κ1) is 11.8. The van der Waals surface area contributed by atoms with Crippen LogP contribution in [0.4, 0.5) is 0 Å². The van der Waals surface area contributed by atoms with E-state index in [9.17, 15) is 0 Å². The van der Waals surface area contributed by atoms with Crippen LogP contribution in [-0.2, 0) is 0 Å². The molecule has 0 aliphatic carbocycles. The van der Waals surface area contributed by atoms with E-state index in [4.69, 9.17) is 18.0 Å². The maximum absolute atomic E-state index is 5.44. The Balaban J connectivity index is 3.65. The Kier molecular flexibility index (Phi) is 6.30. The highest BCUT2D eigenvalue weighted by Gasteiger charge is 2.07. The molecule has 0 fully saturated rings. The van der Waals surface area contributed by atoms with Crippen molar-refractivity contribution in [3.8, 4) is 0 Å². The highest BCUT2D eigenvalue weighted by molar-refractivity contribution is 7.80. The normalized spacial score (nSPS) is 11.1. The van der Waals surface area contributed by atoms with E-state index in [1.54, 1.807) is 0 Å². The van der Waals surface area contributed by atoms with E-state index >= 15 is 0 Å². The lowest BCUT2D eigenvalue weighted by Gasteiger charge is -2.21. The summed E-state index contributed by atoms with van der Waals surface area (Å²) in [5.74, 6) is 0.782. The number of nitrogens with two attached hydrogens (primary N) is 1. The summed E-state index contributed by atoms with van der Waals surface area (Å²) < 4.78 is 0. The maximum Gasteiger partial charge on any atom is 0.0869 e. The van der Waals surface area contributed by atoms with Gasteiger partial charge >= 0.3 is 0 Å². The average Bonchev–Trinajstić information content (AvgIpc) is 1.98. The first-order valence-electron chi connectivity index (χ1n) is 4.56. The zero-order valence-electron chi connectivity index (χ0n) is 8.34. The summed E-state index contributed by atoms with van der Waals surface area (Å²) in [5.41, 5.74) is 5.44. The third-order valence-corrected chi connectivity index (χ3v) is 2.28. The summed E-state index contributed by atoms with van der Waals surface area (Å²) in [7, 11) is 2.07. The number of hydrogen-bond donors (Lipinski definition) is 1. The molecule has 0 spiro atoms. The third-order valence-electron chi connectivity index (χ3n) is 2.15. The molecule has 72 valence electrons. The second-order valence-corrected chi connectivity index (χ2v) is 3.87. The van der Waals surface area contributed by atoms with Crippen LogP contribution in [0.3, 0.4) is 0 Å². The fraction of sp³-hybridized carbons (Fsp3) is 0.889. The molecule has 0 aromatic rings. The monoisotopic (exact) mass is 188 g/mol. The van der Waals surface area contributed by atoms with Gasteiger partial charge in [-0.15, -0.1) is 0 Å². The summed E-state index contributed by atoms with van der Waals surface area (Å²) >= 11 is 4.83. The molecule has 2 N–H and O–H groups in total. The lowest BCUT2D eigenvalue weighted by atomic mass is 10.0. The Morgan fingerprint density at radius 2 is 1.92 bits per heavy atom. The molecule has 0 heterocycles. The number of nitrogens with zero attached hydrogens (tertiary/aromatic N) is 1. The van der Waals surface area contributed by atoms with E-state index in [1.807, 2.05) is 0 Å². The Hall–Kier alpha value is -0.150. The molecular weight excluding hydrogens is 168 g/mol. The van der Waals surface area contributed by atoms with Crippen molar-refractivity contribution in [3.05, 3.63) is 0 Å². The second kappa shape index (κ2) is 6.38. The largest absolute Gasteiger partial charge is 0.392 e. The summed E-state index contributed by atoms with van der Waals surface area (Å²) in [5, 5.41) is 0. The van der Waals surface area contributed by atoms with E-state index in [0.29, 0.717) is 4.99 Å². The number of likely N-dealkylation sites (N-methyl/N-ethyl adjacent to an activating group) is 1. The van der Waals surface area contributed by atoms with E-state index in [2.05, 4.69) is 25.8 Å². The van der Waals surface area contributed by atoms with Gasteiger partial charge in [0.25, 0.3) is 0 Å².